The van der Waals surface area contributed by atoms with E-state index in [0.29, 0.717) is 6.73 Å². The van der Waals surface area contributed by atoms with Gasteiger partial charge in [-0.3, -0.25) is 9.80 Å². The van der Waals surface area contributed by atoms with Gasteiger partial charge < -0.3 is 10.1 Å². The molecule has 0 spiro atoms. The van der Waals surface area contributed by atoms with E-state index >= 15 is 0 Å². The van der Waals surface area contributed by atoms with Gasteiger partial charge in [-0.25, -0.2) is 5.01 Å². The van der Waals surface area contributed by atoms with Crippen LogP contribution in [0.3, 0.4) is 0 Å². The van der Waals surface area contributed by atoms with E-state index in [1.165, 1.54) is 0 Å². The molecule has 0 fully saturated rings. The largest absolute Gasteiger partial charge is 0.363 e. The SMILES string of the molecule is CNCCN1CC=C(C(C)=O)N1COC. The third kappa shape index (κ3) is 3.02. The van der Waals surface area contributed by atoms with E-state index in [0.717, 1.165) is 25.3 Å². The van der Waals surface area contributed by atoms with E-state index < -0.39 is 0 Å². The van der Waals surface area contributed by atoms with Crippen molar-refractivity contribution in [3.8, 4) is 0 Å². The van der Waals surface area contributed by atoms with Crippen LogP contribution in [0.1, 0.15) is 6.92 Å². The van der Waals surface area contributed by atoms with Gasteiger partial charge in [0.25, 0.3) is 0 Å². The molecule has 1 heterocycles. The summed E-state index contributed by atoms with van der Waals surface area (Å²) in [4.78, 5) is 11.3. The number of nitrogens with zero attached hydrogens (tertiary/aromatic N) is 2. The van der Waals surface area contributed by atoms with E-state index in [9.17, 15) is 4.79 Å². The van der Waals surface area contributed by atoms with Crippen LogP contribution in [0.5, 0.6) is 0 Å². The number of ketones is 1. The topological polar surface area (TPSA) is 44.8 Å². The quantitative estimate of drug-likeness (QED) is 0.663. The molecule has 1 N–H and O–H groups in total. The first-order valence-electron chi connectivity index (χ1n) is 5.07. The van der Waals surface area contributed by atoms with Crippen LogP contribution < -0.4 is 5.32 Å². The molecule has 0 bridgehead atoms. The molecule has 0 atom stereocenters. The molecule has 5 heteroatoms. The molecule has 0 saturated carbocycles. The number of carbonyl (C=O) groups is 1. The van der Waals surface area contributed by atoms with Gasteiger partial charge in [0.1, 0.15) is 6.73 Å². The number of methoxy groups -OCH3 is 1. The van der Waals surface area contributed by atoms with Crippen LogP contribution in [-0.4, -0.2) is 56.3 Å². The minimum absolute atomic E-state index is 0.0824. The summed E-state index contributed by atoms with van der Waals surface area (Å²) in [6, 6.07) is 0. The number of hydrogen-bond acceptors (Lipinski definition) is 5. The molecule has 15 heavy (non-hydrogen) atoms. The summed E-state index contributed by atoms with van der Waals surface area (Å²) >= 11 is 0. The molecule has 1 rings (SSSR count). The fourth-order valence-corrected chi connectivity index (χ4v) is 1.60. The van der Waals surface area contributed by atoms with Gasteiger partial charge in [0, 0.05) is 33.7 Å². The predicted octanol–water partition coefficient (Wildman–Crippen LogP) is -0.185. The molecule has 5 nitrogen and oxygen atoms in total. The number of hydrogen-bond donors (Lipinski definition) is 1. The normalized spacial score (nSPS) is 17.0. The van der Waals surface area contributed by atoms with E-state index in [4.69, 9.17) is 4.74 Å². The van der Waals surface area contributed by atoms with Crippen LogP contribution in [0, 0.1) is 0 Å². The summed E-state index contributed by atoms with van der Waals surface area (Å²) in [5.74, 6) is 0.0824. The second-order valence-corrected chi connectivity index (χ2v) is 3.48. The highest BCUT2D eigenvalue weighted by molar-refractivity contribution is 5.92. The van der Waals surface area contributed by atoms with Gasteiger partial charge in [0.15, 0.2) is 5.78 Å². The number of nitrogens with one attached hydrogen (secondary N) is 1. The predicted molar refractivity (Wildman–Crippen MR) is 58.0 cm³/mol. The number of carbonyl (C=O) groups excluding carboxylic acids is 1. The molecular weight excluding hydrogens is 194 g/mol. The summed E-state index contributed by atoms with van der Waals surface area (Å²) in [6.07, 6.45) is 1.94. The maximum absolute atomic E-state index is 11.3. The summed E-state index contributed by atoms with van der Waals surface area (Å²) in [5, 5.41) is 7.07. The smallest absolute Gasteiger partial charge is 0.177 e. The van der Waals surface area contributed by atoms with Gasteiger partial charge in [0.05, 0.1) is 5.70 Å². The van der Waals surface area contributed by atoms with Crippen molar-refractivity contribution in [2.24, 2.45) is 0 Å². The maximum Gasteiger partial charge on any atom is 0.177 e. The van der Waals surface area contributed by atoms with Crippen molar-refractivity contribution in [1.82, 2.24) is 15.3 Å². The maximum atomic E-state index is 11.3. The number of allylic oxidation sites excluding steroid dienone is 1. The Morgan fingerprint density at radius 1 is 1.67 bits per heavy atom. The lowest BCUT2D eigenvalue weighted by Gasteiger charge is -2.30. The van der Waals surface area contributed by atoms with Gasteiger partial charge in [-0.15, -0.1) is 0 Å². The van der Waals surface area contributed by atoms with Crippen LogP contribution >= 0.6 is 0 Å². The Bertz CT molecular complexity index is 253. The van der Waals surface area contributed by atoms with Gasteiger partial charge in [0.2, 0.25) is 0 Å². The first kappa shape index (κ1) is 12.2. The van der Waals surface area contributed by atoms with E-state index in [-0.39, 0.29) is 5.78 Å². The Morgan fingerprint density at radius 3 is 2.93 bits per heavy atom. The number of likely N-dealkylation sites (N-methyl/N-ethyl adjacent to an activating group) is 1. The van der Waals surface area contributed by atoms with Crippen LogP contribution in [0.4, 0.5) is 0 Å². The monoisotopic (exact) mass is 213 g/mol. The fraction of sp³-hybridized carbons (Fsp3) is 0.700. The molecule has 1 aliphatic heterocycles. The summed E-state index contributed by atoms with van der Waals surface area (Å²) < 4.78 is 5.09. The molecule has 0 aromatic rings. The lowest BCUT2D eigenvalue weighted by Crippen LogP contribution is -2.43. The fourth-order valence-electron chi connectivity index (χ4n) is 1.60. The van der Waals surface area contributed by atoms with Crippen LogP contribution in [-0.2, 0) is 9.53 Å². The average Bonchev–Trinajstić information content (AvgIpc) is 2.59. The Labute approximate surface area is 90.6 Å². The highest BCUT2D eigenvalue weighted by Gasteiger charge is 2.25. The summed E-state index contributed by atoms with van der Waals surface area (Å²) in [6.45, 7) is 4.54. The molecular formula is C10H19N3O2. The molecule has 0 unspecified atom stereocenters. The van der Waals surface area contributed by atoms with E-state index in [1.54, 1.807) is 14.0 Å². The van der Waals surface area contributed by atoms with Gasteiger partial charge in [-0.05, 0) is 13.1 Å². The van der Waals surface area contributed by atoms with Crippen molar-refractivity contribution in [1.29, 1.82) is 0 Å². The summed E-state index contributed by atoms with van der Waals surface area (Å²) in [7, 11) is 3.54. The second-order valence-electron chi connectivity index (χ2n) is 3.48. The zero-order valence-corrected chi connectivity index (χ0v) is 9.62. The van der Waals surface area contributed by atoms with Gasteiger partial charge in [-0.2, -0.15) is 0 Å². The van der Waals surface area contributed by atoms with Gasteiger partial charge >= 0.3 is 0 Å². The summed E-state index contributed by atoms with van der Waals surface area (Å²) in [5.41, 5.74) is 0.730. The average molecular weight is 213 g/mol. The first-order valence-corrected chi connectivity index (χ1v) is 5.07. The minimum Gasteiger partial charge on any atom is -0.363 e. The zero-order chi connectivity index (χ0) is 11.3. The number of rotatable bonds is 6. The Hall–Kier alpha value is -0.910. The lowest BCUT2D eigenvalue weighted by molar-refractivity contribution is -0.119. The van der Waals surface area contributed by atoms with Crippen molar-refractivity contribution in [2.75, 3.05) is 40.5 Å². The van der Waals surface area contributed by atoms with Gasteiger partial charge in [-0.1, -0.05) is 0 Å². The van der Waals surface area contributed by atoms with Crippen molar-refractivity contribution in [3.05, 3.63) is 11.8 Å². The lowest BCUT2D eigenvalue weighted by atomic mass is 10.3. The van der Waals surface area contributed by atoms with Crippen molar-refractivity contribution in [2.45, 2.75) is 6.92 Å². The minimum atomic E-state index is 0.0824. The van der Waals surface area contributed by atoms with Crippen LogP contribution in [0.25, 0.3) is 0 Å². The third-order valence-corrected chi connectivity index (χ3v) is 2.35. The Kier molecular flexibility index (Phi) is 4.74. The van der Waals surface area contributed by atoms with Crippen molar-refractivity contribution < 1.29 is 9.53 Å². The van der Waals surface area contributed by atoms with Crippen molar-refractivity contribution >= 4 is 5.78 Å². The van der Waals surface area contributed by atoms with E-state index in [2.05, 4.69) is 10.3 Å². The highest BCUT2D eigenvalue weighted by Crippen LogP contribution is 2.16. The number of hydrazine groups is 1. The molecule has 0 aromatic carbocycles. The number of Topliss-reactive ketones (excluding diaryl/α,β-unsaturated/α-hetero) is 1. The van der Waals surface area contributed by atoms with Crippen molar-refractivity contribution in [3.63, 3.8) is 0 Å². The Balaban J connectivity index is 2.58. The second kappa shape index (κ2) is 5.85. The molecule has 0 saturated heterocycles. The first-order chi connectivity index (χ1) is 7.20. The molecule has 0 aliphatic carbocycles. The van der Waals surface area contributed by atoms with Crippen LogP contribution in [0.2, 0.25) is 0 Å². The van der Waals surface area contributed by atoms with Crippen LogP contribution in [0.15, 0.2) is 11.8 Å². The third-order valence-electron chi connectivity index (χ3n) is 2.35. The standard InChI is InChI=1S/C10H19N3O2/c1-9(14)10-4-6-12(7-5-11-2)13(10)8-15-3/h4,11H,5-8H2,1-3H3. The molecule has 0 aromatic heterocycles. The van der Waals surface area contributed by atoms with E-state index in [1.807, 2.05) is 18.1 Å². The zero-order valence-electron chi connectivity index (χ0n) is 9.62. The Morgan fingerprint density at radius 2 is 2.40 bits per heavy atom. The highest BCUT2D eigenvalue weighted by atomic mass is 16.5. The molecule has 86 valence electrons. The molecule has 0 radical (unpaired) electrons. The number of ether oxygens (including phenoxy) is 1. The molecule has 0 amide bonds. The molecule has 1 aliphatic rings.